The van der Waals surface area contributed by atoms with Gasteiger partial charge in [0.15, 0.2) is 0 Å². The van der Waals surface area contributed by atoms with Crippen LogP contribution in [-0.4, -0.2) is 37.3 Å². The summed E-state index contributed by atoms with van der Waals surface area (Å²) in [6.07, 6.45) is 0. The van der Waals surface area contributed by atoms with Gasteiger partial charge in [-0.15, -0.1) is 0 Å². The van der Waals surface area contributed by atoms with Crippen molar-refractivity contribution in [3.63, 3.8) is 0 Å². The monoisotopic (exact) mass is 423 g/mol. The molecule has 24 heavy (non-hydrogen) atoms. The molecule has 0 N–H and O–H groups in total. The summed E-state index contributed by atoms with van der Waals surface area (Å²) in [6, 6.07) is 19.8. The van der Waals surface area contributed by atoms with Gasteiger partial charge in [-0.05, 0) is 0 Å². The van der Waals surface area contributed by atoms with Crippen molar-refractivity contribution < 1.29 is 0 Å². The summed E-state index contributed by atoms with van der Waals surface area (Å²) in [6.45, 7) is 8.44. The number of aryl methyl sites for hydroxylation is 1. The van der Waals surface area contributed by atoms with Gasteiger partial charge < -0.3 is 0 Å². The maximum atomic E-state index is 5.70. The number of rotatable bonds is 7. The Labute approximate surface area is 162 Å². The molecule has 2 aromatic carbocycles. The third kappa shape index (κ3) is 5.93. The number of hydrogen-bond donors (Lipinski definition) is 0. The summed E-state index contributed by atoms with van der Waals surface area (Å²) in [5, 5.41) is 1.59. The fourth-order valence-electron chi connectivity index (χ4n) is 2.35. The van der Waals surface area contributed by atoms with Crippen LogP contribution in [-0.2, 0) is 0 Å². The van der Waals surface area contributed by atoms with E-state index in [4.69, 9.17) is 12.2 Å². The molecule has 0 fully saturated rings. The Kier molecular flexibility index (Phi) is 8.34. The second-order valence-corrected chi connectivity index (χ2v) is 9.71. The Morgan fingerprint density at radius 3 is 2.25 bits per heavy atom. The Bertz CT molecular complexity index is 624. The third-order valence-corrected chi connectivity index (χ3v) is 8.38. The molecule has 0 amide bonds. The molecule has 1 unspecified atom stereocenters. The molecule has 0 aliphatic heterocycles. The molecular formula is C20H25NS2Se. The van der Waals surface area contributed by atoms with Gasteiger partial charge in [0.2, 0.25) is 0 Å². The second-order valence-electron chi connectivity index (χ2n) is 5.58. The zero-order valence-corrected chi connectivity index (χ0v) is 17.9. The van der Waals surface area contributed by atoms with E-state index in [1.54, 1.807) is 0 Å². The van der Waals surface area contributed by atoms with Crippen molar-refractivity contribution >= 4 is 47.7 Å². The predicted octanol–water partition coefficient (Wildman–Crippen LogP) is 4.84. The van der Waals surface area contributed by atoms with Gasteiger partial charge in [-0.1, -0.05) is 0 Å². The first-order valence-electron chi connectivity index (χ1n) is 8.34. The molecule has 0 saturated carbocycles. The third-order valence-electron chi connectivity index (χ3n) is 3.86. The van der Waals surface area contributed by atoms with Crippen LogP contribution in [0.4, 0.5) is 0 Å². The van der Waals surface area contributed by atoms with E-state index >= 15 is 0 Å². The number of thiocarbonyl (C=S) groups is 1. The van der Waals surface area contributed by atoms with E-state index in [0.29, 0.717) is 20.2 Å². The first-order chi connectivity index (χ1) is 11.6. The molecule has 0 radical (unpaired) electrons. The number of nitrogens with zero attached hydrogens (tertiary/aromatic N) is 1. The van der Waals surface area contributed by atoms with Crippen molar-refractivity contribution in [2.75, 3.05) is 13.1 Å². The minimum atomic E-state index is 0.430. The first-order valence-corrected chi connectivity index (χ1v) is 11.7. The van der Waals surface area contributed by atoms with Crippen LogP contribution in [0, 0.1) is 6.92 Å². The SMILES string of the molecule is CCN(CC)C(=S)SC(C[Se]c1ccccc1)c1ccc(C)cc1. The molecule has 0 aliphatic carbocycles. The molecule has 0 aromatic heterocycles. The summed E-state index contributed by atoms with van der Waals surface area (Å²) in [7, 11) is 0. The number of hydrogen-bond acceptors (Lipinski definition) is 2. The predicted molar refractivity (Wildman–Crippen MR) is 114 cm³/mol. The van der Waals surface area contributed by atoms with Crippen LogP contribution in [0.1, 0.15) is 30.2 Å². The van der Waals surface area contributed by atoms with Crippen LogP contribution < -0.4 is 4.46 Å². The van der Waals surface area contributed by atoms with Crippen LogP contribution in [0.25, 0.3) is 0 Å². The summed E-state index contributed by atoms with van der Waals surface area (Å²) >= 11 is 8.02. The zero-order valence-electron chi connectivity index (χ0n) is 14.6. The van der Waals surface area contributed by atoms with E-state index in [1.165, 1.54) is 15.6 Å². The molecule has 4 heteroatoms. The normalized spacial score (nSPS) is 12.0. The van der Waals surface area contributed by atoms with Gasteiger partial charge in [-0.2, -0.15) is 0 Å². The molecule has 0 aliphatic rings. The second kappa shape index (κ2) is 10.2. The molecule has 1 atom stereocenters. The standard InChI is InChI=1S/C20H25NS2Se/c1-4-21(5-2)20(22)23-19(17-13-11-16(3)12-14-17)15-24-18-9-7-6-8-10-18/h6-14,19H,4-5,15H2,1-3H3. The van der Waals surface area contributed by atoms with E-state index in [-0.39, 0.29) is 0 Å². The van der Waals surface area contributed by atoms with Crippen LogP contribution in [0.3, 0.4) is 0 Å². The molecule has 128 valence electrons. The summed E-state index contributed by atoms with van der Waals surface area (Å²) < 4.78 is 2.48. The minimum absolute atomic E-state index is 0.430. The number of benzene rings is 2. The van der Waals surface area contributed by atoms with Crippen molar-refractivity contribution in [1.82, 2.24) is 4.90 Å². The zero-order chi connectivity index (χ0) is 17.4. The molecule has 0 spiro atoms. The summed E-state index contributed by atoms with van der Waals surface area (Å²) in [4.78, 5) is 2.27. The van der Waals surface area contributed by atoms with Crippen molar-refractivity contribution in [1.29, 1.82) is 0 Å². The van der Waals surface area contributed by atoms with Gasteiger partial charge in [0.25, 0.3) is 0 Å². The van der Waals surface area contributed by atoms with Gasteiger partial charge >= 0.3 is 163 Å². The van der Waals surface area contributed by atoms with E-state index in [0.717, 1.165) is 22.7 Å². The van der Waals surface area contributed by atoms with Gasteiger partial charge in [-0.3, -0.25) is 0 Å². The van der Waals surface area contributed by atoms with Crippen molar-refractivity contribution in [2.24, 2.45) is 0 Å². The molecule has 0 saturated heterocycles. The summed E-state index contributed by atoms with van der Waals surface area (Å²) in [5.41, 5.74) is 2.69. The fourth-order valence-corrected chi connectivity index (χ4v) is 6.61. The molecular weight excluding hydrogens is 397 g/mol. The molecule has 2 aromatic rings. The Morgan fingerprint density at radius 1 is 1.04 bits per heavy atom. The quantitative estimate of drug-likeness (QED) is 0.464. The first kappa shape index (κ1) is 19.5. The average Bonchev–Trinajstić information content (AvgIpc) is 2.61. The topological polar surface area (TPSA) is 3.24 Å². The van der Waals surface area contributed by atoms with Crippen molar-refractivity contribution in [3.8, 4) is 0 Å². The molecule has 2 rings (SSSR count). The van der Waals surface area contributed by atoms with E-state index < -0.39 is 0 Å². The van der Waals surface area contributed by atoms with Crippen LogP contribution in [0.15, 0.2) is 54.6 Å². The van der Waals surface area contributed by atoms with Crippen LogP contribution in [0.2, 0.25) is 5.32 Å². The van der Waals surface area contributed by atoms with Crippen molar-refractivity contribution in [2.45, 2.75) is 31.3 Å². The average molecular weight is 423 g/mol. The Balaban J connectivity index is 2.11. The molecule has 1 nitrogen and oxygen atoms in total. The van der Waals surface area contributed by atoms with E-state index in [1.807, 2.05) is 11.8 Å². The van der Waals surface area contributed by atoms with Crippen molar-refractivity contribution in [3.05, 3.63) is 65.7 Å². The summed E-state index contributed by atoms with van der Waals surface area (Å²) in [5.74, 6) is 0. The van der Waals surface area contributed by atoms with E-state index in [2.05, 4.69) is 80.3 Å². The van der Waals surface area contributed by atoms with Crippen LogP contribution in [0.5, 0.6) is 0 Å². The molecule has 0 heterocycles. The number of thioether (sulfide) groups is 1. The van der Waals surface area contributed by atoms with Gasteiger partial charge in [0.05, 0.1) is 0 Å². The van der Waals surface area contributed by atoms with Gasteiger partial charge in [0, 0.05) is 0 Å². The Hall–Kier alpha value is -0.801. The van der Waals surface area contributed by atoms with E-state index in [9.17, 15) is 0 Å². The maximum absolute atomic E-state index is 5.70. The fraction of sp³-hybridized carbons (Fsp3) is 0.350. The molecule has 0 bridgehead atoms. The van der Waals surface area contributed by atoms with Crippen LogP contribution >= 0.6 is 24.0 Å². The van der Waals surface area contributed by atoms with Gasteiger partial charge in [0.1, 0.15) is 0 Å². The van der Waals surface area contributed by atoms with Gasteiger partial charge in [-0.25, -0.2) is 0 Å². The Morgan fingerprint density at radius 2 is 1.67 bits per heavy atom.